The van der Waals surface area contributed by atoms with E-state index in [0.717, 1.165) is 20.4 Å². The van der Waals surface area contributed by atoms with Crippen LogP contribution in [0.2, 0.25) is 0 Å². The highest BCUT2D eigenvalue weighted by Gasteiger charge is 2.27. The van der Waals surface area contributed by atoms with Crippen LogP contribution in [0.5, 0.6) is 11.6 Å². The number of aromatic nitrogens is 4. The van der Waals surface area contributed by atoms with Crippen molar-refractivity contribution < 1.29 is 28.9 Å². The van der Waals surface area contributed by atoms with E-state index in [1.54, 1.807) is 20.1 Å². The van der Waals surface area contributed by atoms with Crippen molar-refractivity contribution in [3.05, 3.63) is 40.5 Å². The highest BCUT2D eigenvalue weighted by atomic mass is 16.5. The molecule has 0 aliphatic carbocycles. The maximum absolute atomic E-state index is 13.5. The molecule has 1 saturated heterocycles. The van der Waals surface area contributed by atoms with Gasteiger partial charge in [-0.1, -0.05) is 20.8 Å². The molecule has 1 aliphatic heterocycles. The Kier molecular flexibility index (Phi) is 7.21. The topological polar surface area (TPSA) is 144 Å². The number of rotatable bonds is 8. The van der Waals surface area contributed by atoms with Gasteiger partial charge in [0.2, 0.25) is 11.5 Å². The number of nitrogens with zero attached hydrogens (tertiary/aromatic N) is 5. The molecule has 0 amide bonds. The van der Waals surface area contributed by atoms with Gasteiger partial charge in [0.25, 0.3) is 0 Å². The van der Waals surface area contributed by atoms with E-state index in [-0.39, 0.29) is 47.1 Å². The van der Waals surface area contributed by atoms with E-state index in [0.29, 0.717) is 37.6 Å². The first-order valence-corrected chi connectivity index (χ1v) is 12.0. The van der Waals surface area contributed by atoms with Gasteiger partial charge in [-0.3, -0.25) is 10.2 Å². The number of fused-ring (bicyclic) bond motifs is 1. The van der Waals surface area contributed by atoms with Gasteiger partial charge in [-0.05, 0) is 24.5 Å². The minimum Gasteiger partial charge on any atom is -0.494 e. The molecule has 1 aromatic carbocycles. The van der Waals surface area contributed by atoms with Gasteiger partial charge in [-0.2, -0.15) is 4.52 Å². The number of ether oxygens (including phenoxy) is 3. The number of aromatic carboxylic acids is 1. The number of anilines is 1. The molecule has 2 N–H and O–H groups in total. The number of ketones is 1. The van der Waals surface area contributed by atoms with Gasteiger partial charge >= 0.3 is 5.97 Å². The van der Waals surface area contributed by atoms with Crippen LogP contribution in [0, 0.1) is 5.41 Å². The number of carboxylic acid groups (broad SMARTS) is 1. The van der Waals surface area contributed by atoms with Crippen LogP contribution < -0.4 is 20.0 Å². The molecule has 0 atom stereocenters. The number of morpholine rings is 1. The van der Waals surface area contributed by atoms with Gasteiger partial charge in [-0.25, -0.2) is 9.48 Å². The second kappa shape index (κ2) is 10.2. The molecular weight excluding hydrogens is 480 g/mol. The number of hydrogen-bond donors (Lipinski definition) is 2. The fraction of sp³-hybridized carbons (Fsp3) is 0.480. The first-order chi connectivity index (χ1) is 17.5. The first-order valence-electron chi connectivity index (χ1n) is 12.0. The summed E-state index contributed by atoms with van der Waals surface area (Å²) in [6.45, 7) is 10.4. The van der Waals surface area contributed by atoms with Crippen LogP contribution in [-0.4, -0.2) is 76.3 Å². The number of hydrogen-bond acceptors (Lipinski definition) is 9. The minimum atomic E-state index is -1.24. The fourth-order valence-electron chi connectivity index (χ4n) is 4.29. The lowest BCUT2D eigenvalue weighted by Gasteiger charge is -2.33. The lowest BCUT2D eigenvalue weighted by Crippen LogP contribution is -2.37. The maximum atomic E-state index is 13.5. The van der Waals surface area contributed by atoms with Crippen molar-refractivity contribution in [3.63, 3.8) is 0 Å². The van der Waals surface area contributed by atoms with E-state index < -0.39 is 5.97 Å². The van der Waals surface area contributed by atoms with Gasteiger partial charge in [0.05, 0.1) is 32.6 Å². The lowest BCUT2D eigenvalue weighted by atomic mass is 9.84. The van der Waals surface area contributed by atoms with E-state index in [4.69, 9.17) is 19.6 Å². The second-order valence-corrected chi connectivity index (χ2v) is 9.70. The molecule has 1 aliphatic rings. The van der Waals surface area contributed by atoms with Gasteiger partial charge in [0, 0.05) is 30.3 Å². The summed E-state index contributed by atoms with van der Waals surface area (Å²) in [6, 6.07) is 4.88. The first kappa shape index (κ1) is 26.1. The molecule has 3 heterocycles. The molecule has 0 unspecified atom stereocenters. The lowest BCUT2D eigenvalue weighted by molar-refractivity contribution is 0.0697. The molecule has 0 bridgehead atoms. The second-order valence-electron chi connectivity index (χ2n) is 9.70. The zero-order valence-corrected chi connectivity index (χ0v) is 21.7. The Hall–Kier alpha value is -3.93. The molecule has 198 valence electrons. The van der Waals surface area contributed by atoms with E-state index in [1.165, 1.54) is 6.07 Å². The van der Waals surface area contributed by atoms with Gasteiger partial charge < -0.3 is 24.2 Å². The predicted molar refractivity (Wildman–Crippen MR) is 134 cm³/mol. The maximum Gasteiger partial charge on any atom is 0.339 e. The van der Waals surface area contributed by atoms with Crippen molar-refractivity contribution in [2.45, 2.75) is 39.7 Å². The summed E-state index contributed by atoms with van der Waals surface area (Å²) in [5.74, 6) is -0.758. The highest BCUT2D eigenvalue weighted by Crippen LogP contribution is 2.40. The van der Waals surface area contributed by atoms with Gasteiger partial charge in [-0.15, -0.1) is 10.2 Å². The largest absolute Gasteiger partial charge is 0.494 e. The standard InChI is InChI=1S/C25H32N6O6/c1-6-37-20-13-16(23(33)34)22-28-30(24(26)31(22)27-20)14-19(32)15-11-17(25(2,3)4)21(35-5)18(12-15)29-7-9-36-10-8-29/h11-13,26H,6-10,14H2,1-5H3,(H,33,34). The Morgan fingerprint density at radius 2 is 1.86 bits per heavy atom. The molecule has 12 nitrogen and oxygen atoms in total. The van der Waals surface area contributed by atoms with Crippen molar-refractivity contribution in [3.8, 4) is 11.6 Å². The van der Waals surface area contributed by atoms with Gasteiger partial charge in [0.15, 0.2) is 11.4 Å². The molecule has 3 aromatic rings. The van der Waals surface area contributed by atoms with E-state index >= 15 is 0 Å². The molecule has 37 heavy (non-hydrogen) atoms. The third kappa shape index (κ3) is 5.15. The normalized spacial score (nSPS) is 14.1. The number of carbonyl (C=O) groups excluding carboxylic acids is 1. The molecule has 1 fully saturated rings. The Labute approximate surface area is 213 Å². The van der Waals surface area contributed by atoms with E-state index in [1.807, 2.05) is 6.07 Å². The summed E-state index contributed by atoms with van der Waals surface area (Å²) in [4.78, 5) is 27.5. The molecule has 0 saturated carbocycles. The molecule has 0 radical (unpaired) electrons. The van der Waals surface area contributed by atoms with Crippen molar-refractivity contribution in [2.75, 3.05) is 44.9 Å². The van der Waals surface area contributed by atoms with Crippen molar-refractivity contribution in [2.24, 2.45) is 0 Å². The average molecular weight is 513 g/mol. The molecule has 12 heteroatoms. The van der Waals surface area contributed by atoms with Crippen molar-refractivity contribution in [1.29, 1.82) is 5.41 Å². The van der Waals surface area contributed by atoms with Crippen LogP contribution in [-0.2, 0) is 16.7 Å². The zero-order valence-electron chi connectivity index (χ0n) is 21.7. The molecule has 2 aromatic heterocycles. The SMILES string of the molecule is CCOc1cc(C(=O)O)c2nn(CC(=O)c3cc(N4CCOCC4)c(OC)c(C(C)(C)C)c3)c(=N)n2n1. The van der Waals surface area contributed by atoms with Crippen LogP contribution >= 0.6 is 0 Å². The molecule has 0 spiro atoms. The highest BCUT2D eigenvalue weighted by molar-refractivity contribution is 5.98. The summed E-state index contributed by atoms with van der Waals surface area (Å²) >= 11 is 0. The number of carboxylic acids is 1. The summed E-state index contributed by atoms with van der Waals surface area (Å²) in [6.07, 6.45) is 0. The smallest absolute Gasteiger partial charge is 0.339 e. The number of benzene rings is 1. The Morgan fingerprint density at radius 3 is 2.46 bits per heavy atom. The Bertz CT molecular complexity index is 1400. The summed E-state index contributed by atoms with van der Waals surface area (Å²) in [5.41, 5.74) is 1.35. The summed E-state index contributed by atoms with van der Waals surface area (Å²) in [7, 11) is 1.62. The number of methoxy groups -OCH3 is 1. The number of Topliss-reactive ketones (excluding diaryl/α,β-unsaturated/α-hetero) is 1. The third-order valence-electron chi connectivity index (χ3n) is 6.14. The summed E-state index contributed by atoms with van der Waals surface area (Å²) < 4.78 is 18.9. The number of carbonyl (C=O) groups is 2. The zero-order chi connectivity index (χ0) is 26.9. The molecule has 4 rings (SSSR count). The Morgan fingerprint density at radius 1 is 1.16 bits per heavy atom. The number of nitrogens with one attached hydrogen (secondary N) is 1. The predicted octanol–water partition coefficient (Wildman–Crippen LogP) is 2.13. The van der Waals surface area contributed by atoms with Crippen molar-refractivity contribution in [1.82, 2.24) is 19.4 Å². The quantitative estimate of drug-likeness (QED) is 0.434. The van der Waals surface area contributed by atoms with Crippen LogP contribution in [0.1, 0.15) is 54.0 Å². The minimum absolute atomic E-state index is 0.0483. The fourth-order valence-corrected chi connectivity index (χ4v) is 4.29. The van der Waals surface area contributed by atoms with Crippen molar-refractivity contribution >= 4 is 23.1 Å². The van der Waals surface area contributed by atoms with Gasteiger partial charge in [0.1, 0.15) is 17.9 Å². The average Bonchev–Trinajstić information content (AvgIpc) is 3.17. The summed E-state index contributed by atoms with van der Waals surface area (Å²) in [5, 5.41) is 26.6. The van der Waals surface area contributed by atoms with E-state index in [9.17, 15) is 14.7 Å². The molecular formula is C25H32N6O6. The monoisotopic (exact) mass is 512 g/mol. The third-order valence-corrected chi connectivity index (χ3v) is 6.14. The van der Waals surface area contributed by atoms with Crippen LogP contribution in [0.25, 0.3) is 5.65 Å². The van der Waals surface area contributed by atoms with Crippen LogP contribution in [0.4, 0.5) is 5.69 Å². The van der Waals surface area contributed by atoms with E-state index in [2.05, 4.69) is 35.9 Å². The van der Waals surface area contributed by atoms with Crippen LogP contribution in [0.15, 0.2) is 18.2 Å². The Balaban J connectivity index is 1.78. The van der Waals surface area contributed by atoms with Crippen LogP contribution in [0.3, 0.4) is 0 Å².